The van der Waals surface area contributed by atoms with Gasteiger partial charge in [0.15, 0.2) is 5.82 Å². The number of carbonyl (C=O) groups is 1. The maximum Gasteiger partial charge on any atom is 0.312 e. The van der Waals surface area contributed by atoms with Crippen LogP contribution in [0.1, 0.15) is 26.7 Å². The molecule has 0 aliphatic carbocycles. The Hall–Kier alpha value is -3.56. The van der Waals surface area contributed by atoms with Gasteiger partial charge in [0.1, 0.15) is 6.61 Å². The monoisotopic (exact) mass is 457 g/mol. The molecule has 1 aromatic carbocycles. The summed E-state index contributed by atoms with van der Waals surface area (Å²) >= 11 is 0. The molecule has 0 atom stereocenters. The average molecular weight is 457 g/mol. The molecular weight excluding hydrogens is 432 g/mol. The van der Waals surface area contributed by atoms with E-state index in [-0.39, 0.29) is 32.5 Å². The van der Waals surface area contributed by atoms with Crippen molar-refractivity contribution in [1.82, 2.24) is 20.2 Å². The lowest BCUT2D eigenvalue weighted by molar-refractivity contribution is -0.148. The van der Waals surface area contributed by atoms with Gasteiger partial charge in [-0.3, -0.25) is 9.89 Å². The Balaban J connectivity index is 1.40. The van der Waals surface area contributed by atoms with Crippen LogP contribution in [0.15, 0.2) is 42.6 Å². The Kier molecular flexibility index (Phi) is 6.01. The zero-order valence-corrected chi connectivity index (χ0v) is 18.4. The van der Waals surface area contributed by atoms with E-state index in [1.54, 1.807) is 31.0 Å². The van der Waals surface area contributed by atoms with Gasteiger partial charge in [-0.15, -0.1) is 5.10 Å². The third-order valence-corrected chi connectivity index (χ3v) is 5.64. The summed E-state index contributed by atoms with van der Waals surface area (Å²) in [7, 11) is 0. The standard InChI is InChI=1S/C23H25F2N5O3/c1-22(2,20(31)32)14-33-18-8-7-17(13-26-18)15-3-5-16(6-4-15)19-27-21(29-28-19)30-11-9-23(24,25)10-12-30/h3-8,13H,9-12,14H2,1-2H3,(H,31,32)(H,27,28,29). The van der Waals surface area contributed by atoms with Crippen LogP contribution in [0.3, 0.4) is 0 Å². The molecule has 0 bridgehead atoms. The van der Waals surface area contributed by atoms with E-state index in [0.29, 0.717) is 17.7 Å². The fraction of sp³-hybridized carbons (Fsp3) is 0.391. The SMILES string of the molecule is CC(C)(COc1ccc(-c2ccc(-c3nc(N4CCC(F)(F)CC4)n[nH]3)cc2)cn1)C(=O)O. The van der Waals surface area contributed by atoms with Gasteiger partial charge in [-0.05, 0) is 25.5 Å². The number of benzene rings is 1. The molecule has 8 nitrogen and oxygen atoms in total. The minimum absolute atomic E-state index is 0.0163. The van der Waals surface area contributed by atoms with Gasteiger partial charge in [-0.25, -0.2) is 13.8 Å². The van der Waals surface area contributed by atoms with Crippen molar-refractivity contribution in [1.29, 1.82) is 0 Å². The number of ether oxygens (including phenoxy) is 1. The lowest BCUT2D eigenvalue weighted by atomic mass is 9.95. The molecule has 0 amide bonds. The first-order valence-electron chi connectivity index (χ1n) is 10.6. The number of hydrogen-bond donors (Lipinski definition) is 2. The number of alkyl halides is 2. The number of rotatable bonds is 7. The van der Waals surface area contributed by atoms with Gasteiger partial charge in [0.2, 0.25) is 11.8 Å². The molecule has 0 radical (unpaired) electrons. The van der Waals surface area contributed by atoms with E-state index in [1.165, 1.54) is 0 Å². The molecule has 33 heavy (non-hydrogen) atoms. The summed E-state index contributed by atoms with van der Waals surface area (Å²) in [6.45, 7) is 3.65. The molecule has 3 heterocycles. The van der Waals surface area contributed by atoms with Crippen LogP contribution < -0.4 is 9.64 Å². The molecule has 0 spiro atoms. The average Bonchev–Trinajstić information content (AvgIpc) is 3.28. The van der Waals surface area contributed by atoms with Crippen LogP contribution in [-0.4, -0.2) is 56.9 Å². The second-order valence-corrected chi connectivity index (χ2v) is 8.77. The van der Waals surface area contributed by atoms with Crippen LogP contribution in [0, 0.1) is 5.41 Å². The van der Waals surface area contributed by atoms with Crippen molar-refractivity contribution in [3.63, 3.8) is 0 Å². The van der Waals surface area contributed by atoms with E-state index in [4.69, 9.17) is 9.84 Å². The first-order valence-corrected chi connectivity index (χ1v) is 10.6. The van der Waals surface area contributed by atoms with Crippen LogP contribution in [0.4, 0.5) is 14.7 Å². The number of aromatic nitrogens is 4. The fourth-order valence-corrected chi connectivity index (χ4v) is 3.33. The van der Waals surface area contributed by atoms with Crippen LogP contribution >= 0.6 is 0 Å². The fourth-order valence-electron chi connectivity index (χ4n) is 3.33. The number of aromatic amines is 1. The maximum absolute atomic E-state index is 13.4. The molecule has 4 rings (SSSR count). The van der Waals surface area contributed by atoms with Crippen LogP contribution in [0.5, 0.6) is 5.88 Å². The number of anilines is 1. The van der Waals surface area contributed by atoms with Crippen molar-refractivity contribution >= 4 is 11.9 Å². The third kappa shape index (κ3) is 5.27. The first kappa shape index (κ1) is 22.6. The number of piperidine rings is 1. The molecule has 1 aliphatic rings. The van der Waals surface area contributed by atoms with Crippen molar-refractivity contribution in [3.8, 4) is 28.4 Å². The lowest BCUT2D eigenvalue weighted by Crippen LogP contribution is -2.39. The van der Waals surface area contributed by atoms with Crippen LogP contribution in [-0.2, 0) is 4.79 Å². The van der Waals surface area contributed by atoms with Crippen molar-refractivity contribution in [2.24, 2.45) is 5.41 Å². The normalized spacial score (nSPS) is 15.9. The lowest BCUT2D eigenvalue weighted by Gasteiger charge is -2.30. The quantitative estimate of drug-likeness (QED) is 0.546. The number of carboxylic acids is 1. The highest BCUT2D eigenvalue weighted by molar-refractivity contribution is 5.73. The molecule has 1 aliphatic heterocycles. The van der Waals surface area contributed by atoms with E-state index in [0.717, 1.165) is 16.7 Å². The summed E-state index contributed by atoms with van der Waals surface area (Å²) in [5.41, 5.74) is 1.62. The van der Waals surface area contributed by atoms with Gasteiger partial charge in [0, 0.05) is 49.3 Å². The zero-order chi connectivity index (χ0) is 23.6. The van der Waals surface area contributed by atoms with Crippen LogP contribution in [0.2, 0.25) is 0 Å². The number of pyridine rings is 1. The molecule has 174 valence electrons. The van der Waals surface area contributed by atoms with E-state index in [9.17, 15) is 13.6 Å². The van der Waals surface area contributed by atoms with Crippen molar-refractivity contribution < 1.29 is 23.4 Å². The second kappa shape index (κ2) is 8.76. The number of hydrogen-bond acceptors (Lipinski definition) is 6. The third-order valence-electron chi connectivity index (χ3n) is 5.64. The number of halogens is 2. The van der Waals surface area contributed by atoms with E-state index < -0.39 is 17.3 Å². The Morgan fingerprint density at radius 3 is 2.36 bits per heavy atom. The maximum atomic E-state index is 13.4. The van der Waals surface area contributed by atoms with E-state index in [1.807, 2.05) is 30.3 Å². The molecule has 3 aromatic rings. The molecule has 10 heteroatoms. The highest BCUT2D eigenvalue weighted by Crippen LogP contribution is 2.30. The van der Waals surface area contributed by atoms with Gasteiger partial charge >= 0.3 is 5.97 Å². The number of nitrogens with one attached hydrogen (secondary N) is 1. The minimum Gasteiger partial charge on any atom is -0.481 e. The number of carboxylic acid groups (broad SMARTS) is 1. The Morgan fingerprint density at radius 1 is 1.12 bits per heavy atom. The van der Waals surface area contributed by atoms with E-state index in [2.05, 4.69) is 20.2 Å². The molecular formula is C23H25F2N5O3. The highest BCUT2D eigenvalue weighted by Gasteiger charge is 2.35. The van der Waals surface area contributed by atoms with Gasteiger partial charge in [0.25, 0.3) is 5.92 Å². The molecule has 0 saturated carbocycles. The minimum atomic E-state index is -2.61. The summed E-state index contributed by atoms with van der Waals surface area (Å²) in [5.74, 6) is -2.20. The predicted octanol–water partition coefficient (Wildman–Crippen LogP) is 4.26. The molecule has 1 saturated heterocycles. The second-order valence-electron chi connectivity index (χ2n) is 8.77. The highest BCUT2D eigenvalue weighted by atomic mass is 19.3. The zero-order valence-electron chi connectivity index (χ0n) is 18.4. The van der Waals surface area contributed by atoms with Crippen molar-refractivity contribution in [2.45, 2.75) is 32.6 Å². The molecule has 2 aromatic heterocycles. The number of H-pyrrole nitrogens is 1. The number of aliphatic carboxylic acids is 1. The summed E-state index contributed by atoms with van der Waals surface area (Å²) in [6.07, 6.45) is 1.28. The molecule has 0 unspecified atom stereocenters. The molecule has 1 fully saturated rings. The Morgan fingerprint density at radius 2 is 1.76 bits per heavy atom. The summed E-state index contributed by atoms with van der Waals surface area (Å²) in [5, 5.41) is 16.2. The van der Waals surface area contributed by atoms with Crippen molar-refractivity contribution in [2.75, 3.05) is 24.6 Å². The van der Waals surface area contributed by atoms with Gasteiger partial charge in [-0.2, -0.15) is 4.98 Å². The first-order chi connectivity index (χ1) is 15.6. The smallest absolute Gasteiger partial charge is 0.312 e. The van der Waals surface area contributed by atoms with Gasteiger partial charge in [-0.1, -0.05) is 24.3 Å². The predicted molar refractivity (Wildman–Crippen MR) is 118 cm³/mol. The van der Waals surface area contributed by atoms with Crippen LogP contribution in [0.25, 0.3) is 22.5 Å². The Labute approximate surface area is 189 Å². The van der Waals surface area contributed by atoms with Gasteiger partial charge < -0.3 is 14.7 Å². The summed E-state index contributed by atoms with van der Waals surface area (Å²) in [4.78, 5) is 21.7. The summed E-state index contributed by atoms with van der Waals surface area (Å²) in [6, 6.07) is 11.2. The summed E-state index contributed by atoms with van der Waals surface area (Å²) < 4.78 is 32.2. The van der Waals surface area contributed by atoms with Crippen molar-refractivity contribution in [3.05, 3.63) is 42.6 Å². The molecule has 2 N–H and O–H groups in total. The Bertz CT molecular complexity index is 1100. The van der Waals surface area contributed by atoms with E-state index >= 15 is 0 Å². The number of nitrogens with zero attached hydrogens (tertiary/aromatic N) is 4. The topological polar surface area (TPSA) is 104 Å². The van der Waals surface area contributed by atoms with Gasteiger partial charge in [0.05, 0.1) is 5.41 Å². The largest absolute Gasteiger partial charge is 0.481 e.